The molecule has 0 amide bonds. The summed E-state index contributed by atoms with van der Waals surface area (Å²) in [7, 11) is 5.35. The predicted molar refractivity (Wildman–Crippen MR) is 139 cm³/mol. The summed E-state index contributed by atoms with van der Waals surface area (Å²) in [6, 6.07) is -0.713. The van der Waals surface area contributed by atoms with Gasteiger partial charge in [0, 0.05) is 19.3 Å². The number of carboxylic acid groups (broad SMARTS) is 1. The van der Waals surface area contributed by atoms with Gasteiger partial charge >= 0.3 is 11.9 Å². The zero-order chi connectivity index (χ0) is 27.2. The molecule has 0 bridgehead atoms. The van der Waals surface area contributed by atoms with Crippen LogP contribution in [0.1, 0.15) is 110 Å². The Bertz CT molecular complexity index is 589. The molecule has 8 heteroatoms. The molecule has 2 unspecified atom stereocenters. The first-order valence-corrected chi connectivity index (χ1v) is 14.1. The molecule has 0 radical (unpaired) electrons. The van der Waals surface area contributed by atoms with E-state index in [2.05, 4.69) is 6.92 Å². The van der Waals surface area contributed by atoms with E-state index in [1.54, 1.807) is 28.1 Å². The van der Waals surface area contributed by atoms with Crippen molar-refractivity contribution in [1.82, 2.24) is 0 Å². The molecule has 0 saturated heterocycles. The maximum absolute atomic E-state index is 12.3. The number of carbonyl (C=O) groups is 3. The molecule has 0 spiro atoms. The lowest BCUT2D eigenvalue weighted by Crippen LogP contribution is -2.55. The maximum Gasteiger partial charge on any atom is 0.306 e. The third kappa shape index (κ3) is 19.5. The van der Waals surface area contributed by atoms with Crippen molar-refractivity contribution in [2.24, 2.45) is 0 Å². The van der Waals surface area contributed by atoms with Gasteiger partial charge in [-0.15, -0.1) is 0 Å². The van der Waals surface area contributed by atoms with Crippen LogP contribution in [0.25, 0.3) is 0 Å². The molecule has 0 aromatic carbocycles. The molecule has 0 rings (SSSR count). The molecule has 0 heterocycles. The van der Waals surface area contributed by atoms with Crippen LogP contribution in [-0.2, 0) is 28.6 Å². The summed E-state index contributed by atoms with van der Waals surface area (Å²) in [5, 5.41) is 11.4. The van der Waals surface area contributed by atoms with E-state index in [4.69, 9.17) is 14.2 Å². The van der Waals surface area contributed by atoms with Gasteiger partial charge in [-0.25, -0.2) is 0 Å². The van der Waals surface area contributed by atoms with Crippen LogP contribution in [0.15, 0.2) is 0 Å². The number of carboxylic acids is 1. The summed E-state index contributed by atoms with van der Waals surface area (Å²) < 4.78 is 16.4. The molecule has 0 N–H and O–H groups in total. The molecule has 8 nitrogen and oxygen atoms in total. The van der Waals surface area contributed by atoms with Gasteiger partial charge in [-0.05, 0) is 6.42 Å². The highest BCUT2D eigenvalue weighted by Gasteiger charge is 2.25. The van der Waals surface area contributed by atoms with Gasteiger partial charge in [-0.3, -0.25) is 9.59 Å². The van der Waals surface area contributed by atoms with E-state index in [0.717, 1.165) is 19.3 Å². The summed E-state index contributed by atoms with van der Waals surface area (Å²) in [5.74, 6) is -1.84. The number of hydrogen-bond donors (Lipinski definition) is 0. The first kappa shape index (κ1) is 34.3. The van der Waals surface area contributed by atoms with Crippen molar-refractivity contribution in [3.05, 3.63) is 0 Å². The Balaban J connectivity index is 4.18. The molecule has 0 aliphatic rings. The van der Waals surface area contributed by atoms with Crippen molar-refractivity contribution in [2.75, 3.05) is 41.0 Å². The molecule has 0 fully saturated rings. The number of carbonyl (C=O) groups excluding carboxylic acids is 3. The highest BCUT2D eigenvalue weighted by atomic mass is 16.6. The molecular weight excluding hydrogens is 462 g/mol. The molecule has 2 atom stereocenters. The average Bonchev–Trinajstić information content (AvgIpc) is 2.81. The fourth-order valence-corrected chi connectivity index (χ4v) is 3.99. The minimum absolute atomic E-state index is 0.0398. The van der Waals surface area contributed by atoms with E-state index >= 15 is 0 Å². The van der Waals surface area contributed by atoms with E-state index < -0.39 is 18.1 Å². The third-order valence-electron chi connectivity index (χ3n) is 6.30. The van der Waals surface area contributed by atoms with E-state index in [9.17, 15) is 19.5 Å². The second-order valence-corrected chi connectivity index (χ2v) is 10.6. The Morgan fingerprint density at radius 1 is 0.750 bits per heavy atom. The molecule has 212 valence electrons. The van der Waals surface area contributed by atoms with E-state index in [1.807, 2.05) is 0 Å². The van der Waals surface area contributed by atoms with Crippen molar-refractivity contribution in [3.63, 3.8) is 0 Å². The molecule has 0 aliphatic carbocycles. The fourth-order valence-electron chi connectivity index (χ4n) is 3.99. The first-order valence-electron chi connectivity index (χ1n) is 14.1. The van der Waals surface area contributed by atoms with Crippen LogP contribution in [0.2, 0.25) is 0 Å². The highest BCUT2D eigenvalue weighted by molar-refractivity contribution is 5.70. The number of unbranched alkanes of at least 4 members (excludes halogenated alkanes) is 11. The molecular formula is C28H53NO7. The average molecular weight is 516 g/mol. The maximum atomic E-state index is 12.3. The number of likely N-dealkylation sites (N-methyl/N-ethyl adjacent to an activating group) is 1. The second kappa shape index (κ2) is 21.4. The molecule has 0 aromatic heterocycles. The summed E-state index contributed by atoms with van der Waals surface area (Å²) >= 11 is 0. The molecule has 0 aliphatic heterocycles. The Morgan fingerprint density at radius 2 is 1.28 bits per heavy atom. The van der Waals surface area contributed by atoms with E-state index in [1.165, 1.54) is 57.8 Å². The van der Waals surface area contributed by atoms with Gasteiger partial charge in [0.2, 0.25) is 0 Å². The van der Waals surface area contributed by atoms with Crippen LogP contribution in [0, 0.1) is 0 Å². The zero-order valence-electron chi connectivity index (χ0n) is 23.7. The number of esters is 2. The standard InChI is InChI=1S/C28H53NO7/c1-6-8-9-10-11-12-13-14-15-16-17-18-19-27(31)36-24(23-35-26(30)7-2)22-34-21-20-25(28(32)33)29(3,4)5/h24-25H,6-23H2,1-5H3. The minimum atomic E-state index is -1.13. The third-order valence-corrected chi connectivity index (χ3v) is 6.30. The SMILES string of the molecule is CCCCCCCCCCCCCCC(=O)OC(COCCC(C(=O)[O-])[N+](C)(C)C)COC(=O)CC. The van der Waals surface area contributed by atoms with Crippen LogP contribution < -0.4 is 5.11 Å². The van der Waals surface area contributed by atoms with Crippen molar-refractivity contribution in [1.29, 1.82) is 0 Å². The first-order chi connectivity index (χ1) is 17.1. The molecule has 0 aromatic rings. The van der Waals surface area contributed by atoms with Crippen molar-refractivity contribution >= 4 is 17.9 Å². The topological polar surface area (TPSA) is 102 Å². The van der Waals surface area contributed by atoms with Crippen LogP contribution in [-0.4, -0.2) is 75.5 Å². The lowest BCUT2D eigenvalue weighted by Gasteiger charge is -2.34. The highest BCUT2D eigenvalue weighted by Crippen LogP contribution is 2.13. The Hall–Kier alpha value is -1.67. The van der Waals surface area contributed by atoms with E-state index in [0.29, 0.717) is 6.42 Å². The summed E-state index contributed by atoms with van der Waals surface area (Å²) in [6.07, 6.45) is 14.8. The van der Waals surface area contributed by atoms with Gasteiger partial charge < -0.3 is 28.6 Å². The fraction of sp³-hybridized carbons (Fsp3) is 0.893. The van der Waals surface area contributed by atoms with Crippen molar-refractivity contribution in [2.45, 2.75) is 122 Å². The normalized spacial score (nSPS) is 13.2. The molecule has 0 saturated carbocycles. The van der Waals surface area contributed by atoms with Gasteiger partial charge in [-0.1, -0.05) is 84.5 Å². The smallest absolute Gasteiger partial charge is 0.306 e. The number of aliphatic carboxylic acids is 1. The summed E-state index contributed by atoms with van der Waals surface area (Å²) in [4.78, 5) is 35.2. The van der Waals surface area contributed by atoms with Crippen LogP contribution in [0.5, 0.6) is 0 Å². The van der Waals surface area contributed by atoms with Crippen molar-refractivity contribution in [3.8, 4) is 0 Å². The lowest BCUT2D eigenvalue weighted by atomic mass is 10.0. The van der Waals surface area contributed by atoms with E-state index in [-0.39, 0.29) is 49.1 Å². The van der Waals surface area contributed by atoms with Gasteiger partial charge in [0.05, 0.1) is 40.3 Å². The minimum Gasteiger partial charge on any atom is -0.544 e. The van der Waals surface area contributed by atoms with Crippen LogP contribution >= 0.6 is 0 Å². The van der Waals surface area contributed by atoms with Gasteiger partial charge in [0.25, 0.3) is 0 Å². The number of rotatable bonds is 24. The number of nitrogens with zero attached hydrogens (tertiary/aromatic N) is 1. The van der Waals surface area contributed by atoms with Gasteiger partial charge in [0.1, 0.15) is 12.6 Å². The van der Waals surface area contributed by atoms with Gasteiger partial charge in [-0.2, -0.15) is 0 Å². The van der Waals surface area contributed by atoms with Crippen molar-refractivity contribution < 1.29 is 38.2 Å². The quantitative estimate of drug-likeness (QED) is 0.108. The number of hydrogen-bond acceptors (Lipinski definition) is 7. The predicted octanol–water partition coefficient (Wildman–Crippen LogP) is 4.17. The Morgan fingerprint density at radius 3 is 1.75 bits per heavy atom. The Labute approximate surface area is 219 Å². The monoisotopic (exact) mass is 515 g/mol. The molecule has 36 heavy (non-hydrogen) atoms. The number of quaternary nitrogens is 1. The lowest BCUT2D eigenvalue weighted by molar-refractivity contribution is -0.889. The Kier molecular flexibility index (Phi) is 20.4. The summed E-state index contributed by atoms with van der Waals surface area (Å²) in [5.41, 5.74) is 0. The number of ether oxygens (including phenoxy) is 3. The summed E-state index contributed by atoms with van der Waals surface area (Å²) in [6.45, 7) is 4.07. The van der Waals surface area contributed by atoms with Crippen LogP contribution in [0.4, 0.5) is 0 Å². The van der Waals surface area contributed by atoms with Crippen LogP contribution in [0.3, 0.4) is 0 Å². The second-order valence-electron chi connectivity index (χ2n) is 10.6. The largest absolute Gasteiger partial charge is 0.544 e. The zero-order valence-corrected chi connectivity index (χ0v) is 23.7. The van der Waals surface area contributed by atoms with Gasteiger partial charge in [0.15, 0.2) is 6.10 Å².